The second kappa shape index (κ2) is 5.74. The Morgan fingerprint density at radius 1 is 1.32 bits per heavy atom. The quantitative estimate of drug-likeness (QED) is 0.873. The summed E-state index contributed by atoms with van der Waals surface area (Å²) in [5.41, 5.74) is 11.0. The molecule has 104 valence electrons. The van der Waals surface area contributed by atoms with Gasteiger partial charge in [-0.25, -0.2) is 0 Å². The van der Waals surface area contributed by atoms with Gasteiger partial charge in [-0.15, -0.1) is 0 Å². The molecule has 0 bridgehead atoms. The molecule has 1 amide bonds. The molecule has 0 spiro atoms. The van der Waals surface area contributed by atoms with Crippen molar-refractivity contribution >= 4 is 11.6 Å². The van der Waals surface area contributed by atoms with Crippen LogP contribution in [0.4, 0.5) is 5.69 Å². The Morgan fingerprint density at radius 2 is 2.05 bits per heavy atom. The minimum Gasteiger partial charge on any atom is -0.326 e. The molecule has 2 rings (SSSR count). The van der Waals surface area contributed by atoms with Crippen LogP contribution in [0.15, 0.2) is 12.1 Å². The van der Waals surface area contributed by atoms with Gasteiger partial charge in [0.2, 0.25) is 5.91 Å². The van der Waals surface area contributed by atoms with Crippen molar-refractivity contribution in [1.29, 1.82) is 0 Å². The molecule has 2 atom stereocenters. The summed E-state index contributed by atoms with van der Waals surface area (Å²) in [6.07, 6.45) is 3.41. The molecular weight excluding hydrogens is 236 g/mol. The van der Waals surface area contributed by atoms with Gasteiger partial charge in [0, 0.05) is 18.2 Å². The van der Waals surface area contributed by atoms with E-state index in [1.54, 1.807) is 0 Å². The number of hydrogen-bond donors (Lipinski definition) is 2. The smallest absolute Gasteiger partial charge is 0.224 e. The highest BCUT2D eigenvalue weighted by molar-refractivity contribution is 5.94. The Kier molecular flexibility index (Phi) is 4.25. The van der Waals surface area contributed by atoms with E-state index in [-0.39, 0.29) is 11.9 Å². The van der Waals surface area contributed by atoms with Gasteiger partial charge in [0.1, 0.15) is 0 Å². The molecule has 2 unspecified atom stereocenters. The number of hydrogen-bond acceptors (Lipinski definition) is 2. The first-order valence-corrected chi connectivity index (χ1v) is 7.27. The van der Waals surface area contributed by atoms with Gasteiger partial charge < -0.3 is 11.1 Å². The van der Waals surface area contributed by atoms with Crippen molar-refractivity contribution in [2.75, 3.05) is 5.32 Å². The maximum absolute atomic E-state index is 11.5. The average Bonchev–Trinajstić information content (AvgIpc) is 2.44. The third-order valence-corrected chi connectivity index (χ3v) is 4.23. The first kappa shape index (κ1) is 14.1. The average molecular weight is 260 g/mol. The van der Waals surface area contributed by atoms with E-state index in [0.717, 1.165) is 24.9 Å². The number of carbonyl (C=O) groups is 1. The van der Waals surface area contributed by atoms with Gasteiger partial charge in [0.25, 0.3) is 0 Å². The topological polar surface area (TPSA) is 55.1 Å². The minimum atomic E-state index is 0.0817. The lowest BCUT2D eigenvalue weighted by Crippen LogP contribution is -2.23. The molecule has 0 fully saturated rings. The summed E-state index contributed by atoms with van der Waals surface area (Å²) in [6, 6.07) is 4.43. The highest BCUT2D eigenvalue weighted by Crippen LogP contribution is 2.32. The fourth-order valence-corrected chi connectivity index (χ4v) is 2.66. The van der Waals surface area contributed by atoms with Crippen LogP contribution in [0.1, 0.15) is 56.3 Å². The normalized spacial score (nSPS) is 17.6. The number of nitrogens with one attached hydrogen (secondary N) is 1. The van der Waals surface area contributed by atoms with Crippen LogP contribution in [-0.2, 0) is 17.6 Å². The summed E-state index contributed by atoms with van der Waals surface area (Å²) < 4.78 is 0. The zero-order chi connectivity index (χ0) is 14.0. The van der Waals surface area contributed by atoms with Crippen LogP contribution < -0.4 is 11.1 Å². The van der Waals surface area contributed by atoms with Crippen LogP contribution in [0, 0.1) is 5.92 Å². The van der Waals surface area contributed by atoms with Crippen LogP contribution in [0.3, 0.4) is 0 Å². The maximum atomic E-state index is 11.5. The molecule has 0 saturated heterocycles. The summed E-state index contributed by atoms with van der Waals surface area (Å²) in [5.74, 6) is 0.599. The maximum Gasteiger partial charge on any atom is 0.224 e. The third kappa shape index (κ3) is 2.81. The van der Waals surface area contributed by atoms with Crippen molar-refractivity contribution in [3.8, 4) is 0 Å². The van der Waals surface area contributed by atoms with Gasteiger partial charge in [0.05, 0.1) is 0 Å². The van der Waals surface area contributed by atoms with Crippen LogP contribution in [0.25, 0.3) is 0 Å². The molecule has 1 aliphatic heterocycles. The highest BCUT2D eigenvalue weighted by Gasteiger charge is 2.21. The molecule has 1 aromatic rings. The van der Waals surface area contributed by atoms with Crippen molar-refractivity contribution in [3.63, 3.8) is 0 Å². The van der Waals surface area contributed by atoms with E-state index in [4.69, 9.17) is 5.73 Å². The van der Waals surface area contributed by atoms with Crippen molar-refractivity contribution in [1.82, 2.24) is 0 Å². The number of amides is 1. The molecule has 0 radical (unpaired) electrons. The fourth-order valence-electron chi connectivity index (χ4n) is 2.66. The van der Waals surface area contributed by atoms with E-state index in [1.165, 1.54) is 16.7 Å². The molecule has 0 aromatic heterocycles. The van der Waals surface area contributed by atoms with Crippen LogP contribution in [0.5, 0.6) is 0 Å². The number of benzene rings is 1. The molecule has 0 saturated carbocycles. The summed E-state index contributed by atoms with van der Waals surface area (Å²) in [5, 5.41) is 3.01. The Labute approximate surface area is 115 Å². The van der Waals surface area contributed by atoms with Crippen LogP contribution in [-0.4, -0.2) is 5.91 Å². The van der Waals surface area contributed by atoms with Gasteiger partial charge in [-0.2, -0.15) is 0 Å². The first-order chi connectivity index (χ1) is 9.06. The SMILES string of the molecule is CCc1cc(C(N)C(C)CC)cc2c1NC(=O)CC2. The summed E-state index contributed by atoms with van der Waals surface area (Å²) in [4.78, 5) is 11.5. The van der Waals surface area contributed by atoms with E-state index in [1.807, 2.05) is 0 Å². The second-order valence-corrected chi connectivity index (χ2v) is 5.53. The minimum absolute atomic E-state index is 0.0817. The number of carbonyl (C=O) groups excluding carboxylic acids is 1. The Balaban J connectivity index is 2.41. The lowest BCUT2D eigenvalue weighted by atomic mass is 9.88. The van der Waals surface area contributed by atoms with E-state index < -0.39 is 0 Å². The standard InChI is InChI=1S/C16H24N2O/c1-4-10(3)15(17)13-8-11(5-2)16-12(9-13)6-7-14(19)18-16/h8-10,15H,4-7,17H2,1-3H3,(H,18,19). The first-order valence-electron chi connectivity index (χ1n) is 7.27. The van der Waals surface area contributed by atoms with E-state index >= 15 is 0 Å². The summed E-state index contributed by atoms with van der Waals surface area (Å²) >= 11 is 0. The lowest BCUT2D eigenvalue weighted by molar-refractivity contribution is -0.116. The zero-order valence-electron chi connectivity index (χ0n) is 12.1. The Hall–Kier alpha value is -1.35. The number of anilines is 1. The molecule has 1 heterocycles. The van der Waals surface area contributed by atoms with Gasteiger partial charge in [-0.05, 0) is 35.4 Å². The van der Waals surface area contributed by atoms with Gasteiger partial charge in [0.15, 0.2) is 0 Å². The molecule has 1 aromatic carbocycles. The second-order valence-electron chi connectivity index (χ2n) is 5.53. The number of nitrogens with two attached hydrogens (primary N) is 1. The van der Waals surface area contributed by atoms with E-state index in [9.17, 15) is 4.79 Å². The van der Waals surface area contributed by atoms with Gasteiger partial charge in [-0.3, -0.25) is 4.79 Å². The number of fused-ring (bicyclic) bond motifs is 1. The molecule has 0 aliphatic carbocycles. The molecular formula is C16H24N2O. The predicted octanol–water partition coefficient (Wildman–Crippen LogP) is 3.18. The van der Waals surface area contributed by atoms with Crippen molar-refractivity contribution in [2.24, 2.45) is 11.7 Å². The molecule has 1 aliphatic rings. The Morgan fingerprint density at radius 3 is 2.68 bits per heavy atom. The monoisotopic (exact) mass is 260 g/mol. The zero-order valence-corrected chi connectivity index (χ0v) is 12.1. The molecule has 3 nitrogen and oxygen atoms in total. The molecule has 3 N–H and O–H groups in total. The lowest BCUT2D eigenvalue weighted by Gasteiger charge is -2.25. The molecule has 3 heteroatoms. The van der Waals surface area contributed by atoms with Gasteiger partial charge >= 0.3 is 0 Å². The summed E-state index contributed by atoms with van der Waals surface area (Å²) in [6.45, 7) is 6.48. The number of aryl methyl sites for hydroxylation is 2. The highest BCUT2D eigenvalue weighted by atomic mass is 16.1. The van der Waals surface area contributed by atoms with Crippen molar-refractivity contribution in [2.45, 2.75) is 52.5 Å². The largest absolute Gasteiger partial charge is 0.326 e. The van der Waals surface area contributed by atoms with Gasteiger partial charge in [-0.1, -0.05) is 39.3 Å². The molecule has 19 heavy (non-hydrogen) atoms. The summed E-state index contributed by atoms with van der Waals surface area (Å²) in [7, 11) is 0. The van der Waals surface area contributed by atoms with E-state index in [2.05, 4.69) is 38.2 Å². The number of rotatable bonds is 4. The van der Waals surface area contributed by atoms with Crippen molar-refractivity contribution < 1.29 is 4.79 Å². The van der Waals surface area contributed by atoms with Crippen LogP contribution in [0.2, 0.25) is 0 Å². The van der Waals surface area contributed by atoms with Crippen molar-refractivity contribution in [3.05, 3.63) is 28.8 Å². The third-order valence-electron chi connectivity index (χ3n) is 4.23. The fraction of sp³-hybridized carbons (Fsp3) is 0.562. The predicted molar refractivity (Wildman–Crippen MR) is 79.2 cm³/mol. The Bertz CT molecular complexity index is 465. The van der Waals surface area contributed by atoms with Crippen LogP contribution >= 0.6 is 0 Å². The van der Waals surface area contributed by atoms with E-state index in [0.29, 0.717) is 12.3 Å².